The van der Waals surface area contributed by atoms with Crippen LogP contribution in [-0.2, 0) is 6.42 Å². The number of aromatic amines is 1. The molecule has 6 heteroatoms. The third kappa shape index (κ3) is 6.64. The second-order valence-electron chi connectivity index (χ2n) is 15.3. The first kappa shape index (κ1) is 35.3. The molecule has 0 bridgehead atoms. The number of aliphatic imine (C=N–C) groups is 1. The molecule has 2 aliphatic rings. The van der Waals surface area contributed by atoms with Gasteiger partial charge in [-0.05, 0) is 84.1 Å². The molecule has 0 saturated heterocycles. The zero-order chi connectivity index (χ0) is 39.8. The lowest BCUT2D eigenvalue weighted by Crippen LogP contribution is -2.31. The summed E-state index contributed by atoms with van der Waals surface area (Å²) >= 11 is 0. The van der Waals surface area contributed by atoms with Gasteiger partial charge < -0.3 is 14.9 Å². The number of hydrogen-bond acceptors (Lipinski definition) is 4. The van der Waals surface area contributed by atoms with Crippen LogP contribution in [0.15, 0.2) is 199 Å². The molecule has 11 rings (SSSR count). The standard InChI is InChI=1S/C54H40N6/c1-5-16-36(17-6-1)46-34-48(58-53(56-46)38-20-9-3-10-21-38)42-30-41(40-24-15-25-44(33-40)60-50-27-14-13-26-45(50)52-51(60)28-29-55-52)31-43(32-42)49-35-47(37-18-7-2-8-19-37)57-54(59-49)39-22-11-4-12-23-39/h1-12,14-25,27-35,46,55H,13,26H2,(H,56,58). The van der Waals surface area contributed by atoms with Gasteiger partial charge in [-0.2, -0.15) is 0 Å². The van der Waals surface area contributed by atoms with Crippen molar-refractivity contribution in [1.82, 2.24) is 24.8 Å². The van der Waals surface area contributed by atoms with E-state index in [1.165, 1.54) is 27.9 Å². The minimum atomic E-state index is -0.0884. The quantitative estimate of drug-likeness (QED) is 0.162. The number of nitrogens with zero attached hydrogens (tertiary/aromatic N) is 4. The van der Waals surface area contributed by atoms with Gasteiger partial charge in [0, 0.05) is 45.3 Å². The zero-order valence-electron chi connectivity index (χ0n) is 32.8. The van der Waals surface area contributed by atoms with Crippen molar-refractivity contribution in [2.75, 3.05) is 0 Å². The molecule has 60 heavy (non-hydrogen) atoms. The van der Waals surface area contributed by atoms with Crippen LogP contribution < -0.4 is 5.32 Å². The van der Waals surface area contributed by atoms with Crippen LogP contribution in [-0.4, -0.2) is 25.4 Å². The Hall–Kier alpha value is -7.83. The van der Waals surface area contributed by atoms with Gasteiger partial charge in [0.05, 0.1) is 39.9 Å². The molecule has 1 aliphatic heterocycles. The van der Waals surface area contributed by atoms with Crippen molar-refractivity contribution in [1.29, 1.82) is 0 Å². The summed E-state index contributed by atoms with van der Waals surface area (Å²) in [6.07, 6.45) is 10.9. The van der Waals surface area contributed by atoms with Crippen LogP contribution in [0, 0.1) is 0 Å². The fourth-order valence-electron chi connectivity index (χ4n) is 8.58. The van der Waals surface area contributed by atoms with Gasteiger partial charge in [0.15, 0.2) is 5.82 Å². The molecule has 0 spiro atoms. The lowest BCUT2D eigenvalue weighted by molar-refractivity contribution is 0.781. The third-order valence-electron chi connectivity index (χ3n) is 11.5. The monoisotopic (exact) mass is 772 g/mol. The van der Waals surface area contributed by atoms with Crippen molar-refractivity contribution in [3.05, 3.63) is 222 Å². The van der Waals surface area contributed by atoms with Gasteiger partial charge >= 0.3 is 0 Å². The lowest BCUT2D eigenvalue weighted by atomic mass is 9.94. The average Bonchev–Trinajstić information content (AvgIpc) is 3.94. The molecule has 2 N–H and O–H groups in total. The minimum absolute atomic E-state index is 0.0884. The van der Waals surface area contributed by atoms with Gasteiger partial charge in [-0.3, -0.25) is 0 Å². The van der Waals surface area contributed by atoms with Gasteiger partial charge in [0.1, 0.15) is 5.84 Å². The van der Waals surface area contributed by atoms with Crippen LogP contribution in [0.3, 0.4) is 0 Å². The first-order chi connectivity index (χ1) is 29.7. The number of aromatic nitrogens is 4. The molecule has 9 aromatic rings. The van der Waals surface area contributed by atoms with Crippen molar-refractivity contribution >= 4 is 28.6 Å². The van der Waals surface area contributed by atoms with Crippen molar-refractivity contribution in [3.63, 3.8) is 0 Å². The Morgan fingerprint density at radius 1 is 0.550 bits per heavy atom. The molecular weight excluding hydrogens is 733 g/mol. The number of allylic oxidation sites excluding steroid dienone is 1. The first-order valence-corrected chi connectivity index (χ1v) is 20.5. The van der Waals surface area contributed by atoms with E-state index < -0.39 is 0 Å². The molecule has 0 amide bonds. The van der Waals surface area contributed by atoms with E-state index in [9.17, 15) is 0 Å². The molecule has 1 aliphatic carbocycles. The van der Waals surface area contributed by atoms with Crippen molar-refractivity contribution in [2.24, 2.45) is 4.99 Å². The summed E-state index contributed by atoms with van der Waals surface area (Å²) in [5, 5.41) is 3.73. The van der Waals surface area contributed by atoms with E-state index in [4.69, 9.17) is 15.0 Å². The number of aryl methyl sites for hydroxylation is 1. The zero-order valence-corrected chi connectivity index (χ0v) is 32.8. The fraction of sp³-hybridized carbons (Fsp3) is 0.0556. The molecule has 1 atom stereocenters. The van der Waals surface area contributed by atoms with E-state index >= 15 is 0 Å². The smallest absolute Gasteiger partial charge is 0.160 e. The number of H-pyrrole nitrogens is 1. The highest BCUT2D eigenvalue weighted by Crippen LogP contribution is 2.38. The van der Waals surface area contributed by atoms with Gasteiger partial charge in [-0.15, -0.1) is 0 Å². The van der Waals surface area contributed by atoms with Gasteiger partial charge in [0.25, 0.3) is 0 Å². The Morgan fingerprint density at radius 2 is 1.20 bits per heavy atom. The minimum Gasteiger partial charge on any atom is -0.360 e. The maximum absolute atomic E-state index is 5.35. The van der Waals surface area contributed by atoms with Gasteiger partial charge in [-0.1, -0.05) is 140 Å². The Balaban J connectivity index is 1.13. The molecule has 6 aromatic carbocycles. The average molecular weight is 773 g/mol. The molecule has 6 nitrogen and oxygen atoms in total. The normalized spacial score (nSPS) is 14.6. The van der Waals surface area contributed by atoms with E-state index in [1.807, 2.05) is 36.5 Å². The summed E-state index contributed by atoms with van der Waals surface area (Å²) in [5.41, 5.74) is 17.1. The summed E-state index contributed by atoms with van der Waals surface area (Å²) in [6, 6.07) is 61.4. The molecule has 0 fully saturated rings. The van der Waals surface area contributed by atoms with E-state index in [1.54, 1.807) is 0 Å². The largest absolute Gasteiger partial charge is 0.360 e. The van der Waals surface area contributed by atoms with Crippen LogP contribution in [0.4, 0.5) is 0 Å². The predicted octanol–water partition coefficient (Wildman–Crippen LogP) is 12.5. The lowest BCUT2D eigenvalue weighted by Gasteiger charge is -2.25. The molecular formula is C54H40N6. The number of rotatable bonds is 8. The number of fused-ring (bicyclic) bond motifs is 3. The van der Waals surface area contributed by atoms with E-state index in [2.05, 4.69) is 179 Å². The van der Waals surface area contributed by atoms with Crippen molar-refractivity contribution in [3.8, 4) is 50.7 Å². The Labute approximate surface area is 349 Å². The van der Waals surface area contributed by atoms with E-state index in [-0.39, 0.29) is 6.04 Å². The highest BCUT2D eigenvalue weighted by Gasteiger charge is 2.23. The molecule has 3 aromatic heterocycles. The van der Waals surface area contributed by atoms with Crippen molar-refractivity contribution in [2.45, 2.75) is 18.9 Å². The highest BCUT2D eigenvalue weighted by atomic mass is 15.1. The maximum atomic E-state index is 5.35. The van der Waals surface area contributed by atoms with Crippen LogP contribution in [0.25, 0.3) is 73.5 Å². The first-order valence-electron chi connectivity index (χ1n) is 20.5. The summed E-state index contributed by atoms with van der Waals surface area (Å²) in [6.45, 7) is 0. The molecule has 0 saturated carbocycles. The molecule has 0 radical (unpaired) electrons. The highest BCUT2D eigenvalue weighted by molar-refractivity contribution is 6.03. The van der Waals surface area contributed by atoms with Gasteiger partial charge in [-0.25, -0.2) is 15.0 Å². The summed E-state index contributed by atoms with van der Waals surface area (Å²) in [5.74, 6) is 1.51. The second kappa shape index (κ2) is 15.2. The maximum Gasteiger partial charge on any atom is 0.160 e. The second-order valence-corrected chi connectivity index (χ2v) is 15.3. The summed E-state index contributed by atoms with van der Waals surface area (Å²) in [7, 11) is 0. The summed E-state index contributed by atoms with van der Waals surface area (Å²) in [4.78, 5) is 19.3. The molecule has 286 valence electrons. The van der Waals surface area contributed by atoms with Crippen LogP contribution in [0.5, 0.6) is 0 Å². The fourth-order valence-corrected chi connectivity index (χ4v) is 8.58. The number of nitrogens with one attached hydrogen (secondary N) is 2. The SMILES string of the molecule is C1=Cc2c(c3[nH]ccc3n2-c2cccc(-c3cc(C4=CC(c5ccccc5)NC(c5ccccc5)=N4)cc(-c4cc(-c5ccccc5)nc(-c5ccccc5)n4)c3)c2)CC1. The predicted molar refractivity (Wildman–Crippen MR) is 246 cm³/mol. The van der Waals surface area contributed by atoms with Crippen LogP contribution >= 0.6 is 0 Å². The number of benzene rings is 6. The van der Waals surface area contributed by atoms with Gasteiger partial charge in [0.2, 0.25) is 0 Å². The summed E-state index contributed by atoms with van der Waals surface area (Å²) < 4.78 is 2.39. The Morgan fingerprint density at radius 3 is 1.97 bits per heavy atom. The van der Waals surface area contributed by atoms with Crippen LogP contribution in [0.2, 0.25) is 0 Å². The Bertz CT molecular complexity index is 3040. The third-order valence-corrected chi connectivity index (χ3v) is 11.5. The van der Waals surface area contributed by atoms with Crippen LogP contribution in [0.1, 0.15) is 40.4 Å². The topological polar surface area (TPSA) is 70.9 Å². The molecule has 1 unspecified atom stereocenters. The number of hydrogen-bond donors (Lipinski definition) is 2. The molecule has 4 heterocycles. The van der Waals surface area contributed by atoms with E-state index in [0.717, 1.165) is 80.4 Å². The number of amidine groups is 1. The van der Waals surface area contributed by atoms with Crippen molar-refractivity contribution < 1.29 is 0 Å². The van der Waals surface area contributed by atoms with E-state index in [0.29, 0.717) is 5.82 Å². The Kier molecular flexibility index (Phi) is 8.93.